The minimum absolute atomic E-state index is 0.172. The van der Waals surface area contributed by atoms with Gasteiger partial charge in [-0.2, -0.15) is 16.9 Å². The van der Waals surface area contributed by atoms with Gasteiger partial charge in [0.05, 0.1) is 24.9 Å². The lowest BCUT2D eigenvalue weighted by atomic mass is 10.3. The number of ether oxygens (including phenoxy) is 1. The third-order valence-corrected chi connectivity index (χ3v) is 3.83. The fourth-order valence-electron chi connectivity index (χ4n) is 2.02. The molecule has 3 heterocycles. The van der Waals surface area contributed by atoms with Crippen molar-refractivity contribution in [3.63, 3.8) is 0 Å². The number of aryl methyl sites for hydroxylation is 1. The maximum atomic E-state index is 5.54. The van der Waals surface area contributed by atoms with Crippen molar-refractivity contribution in [1.29, 1.82) is 0 Å². The summed E-state index contributed by atoms with van der Waals surface area (Å²) < 4.78 is 7.58. The zero-order chi connectivity index (χ0) is 10.8. The van der Waals surface area contributed by atoms with Gasteiger partial charge in [-0.3, -0.25) is 0 Å². The summed E-state index contributed by atoms with van der Waals surface area (Å²) in [5.74, 6) is 4.14. The molecular formula is C10H16N4OS. The summed E-state index contributed by atoms with van der Waals surface area (Å²) in [7, 11) is 0. The molecule has 0 spiro atoms. The first-order valence-electron chi connectivity index (χ1n) is 5.76. The van der Waals surface area contributed by atoms with E-state index in [9.17, 15) is 0 Å². The van der Waals surface area contributed by atoms with Gasteiger partial charge in [0.15, 0.2) is 5.82 Å². The number of fused-ring (bicyclic) bond motifs is 1. The maximum Gasteiger partial charge on any atom is 0.170 e. The second-order valence-corrected chi connectivity index (χ2v) is 5.20. The number of nitrogens with zero attached hydrogens (tertiary/aromatic N) is 3. The molecule has 1 aromatic rings. The number of hydrogen-bond acceptors (Lipinski definition) is 5. The Morgan fingerprint density at radius 2 is 2.50 bits per heavy atom. The molecular weight excluding hydrogens is 224 g/mol. The molecule has 1 unspecified atom stereocenters. The zero-order valence-corrected chi connectivity index (χ0v) is 10.0. The quantitative estimate of drug-likeness (QED) is 0.778. The number of thioether (sulfide) groups is 1. The lowest BCUT2D eigenvalue weighted by Gasteiger charge is -2.10. The lowest BCUT2D eigenvalue weighted by molar-refractivity contribution is 0.129. The monoisotopic (exact) mass is 240 g/mol. The summed E-state index contributed by atoms with van der Waals surface area (Å²) in [6.45, 7) is 3.51. The molecule has 2 aliphatic rings. The topological polar surface area (TPSA) is 52.0 Å². The van der Waals surface area contributed by atoms with Crippen LogP contribution in [0, 0.1) is 0 Å². The number of rotatable bonds is 1. The molecule has 1 fully saturated rings. The molecule has 1 aromatic heterocycles. The Morgan fingerprint density at radius 3 is 3.44 bits per heavy atom. The van der Waals surface area contributed by atoms with E-state index in [0.717, 1.165) is 49.3 Å². The van der Waals surface area contributed by atoms with Crippen molar-refractivity contribution >= 4 is 11.8 Å². The molecule has 2 aliphatic heterocycles. The van der Waals surface area contributed by atoms with Crippen LogP contribution in [0.15, 0.2) is 0 Å². The molecule has 0 radical (unpaired) electrons. The van der Waals surface area contributed by atoms with Gasteiger partial charge in [0.25, 0.3) is 0 Å². The van der Waals surface area contributed by atoms with E-state index in [1.165, 1.54) is 0 Å². The Morgan fingerprint density at radius 1 is 1.50 bits per heavy atom. The average Bonchev–Trinajstić information content (AvgIpc) is 2.56. The fourth-order valence-corrected chi connectivity index (χ4v) is 2.86. The molecule has 1 N–H and O–H groups in total. The molecule has 5 nitrogen and oxygen atoms in total. The summed E-state index contributed by atoms with van der Waals surface area (Å²) >= 11 is 1.93. The third kappa shape index (κ3) is 2.09. The molecule has 6 heteroatoms. The minimum Gasteiger partial charge on any atom is -0.379 e. The first-order valence-corrected chi connectivity index (χ1v) is 6.91. The van der Waals surface area contributed by atoms with Gasteiger partial charge < -0.3 is 10.1 Å². The molecule has 88 valence electrons. The first kappa shape index (κ1) is 10.6. The number of aromatic nitrogens is 3. The van der Waals surface area contributed by atoms with Crippen LogP contribution < -0.4 is 5.32 Å². The van der Waals surface area contributed by atoms with Gasteiger partial charge in [-0.1, -0.05) is 0 Å². The normalized spacial score (nSPS) is 26.1. The summed E-state index contributed by atoms with van der Waals surface area (Å²) in [4.78, 5) is 4.60. The van der Waals surface area contributed by atoms with Gasteiger partial charge >= 0.3 is 0 Å². The molecule has 1 saturated heterocycles. The Hall–Kier alpha value is -0.590. The van der Waals surface area contributed by atoms with Crippen molar-refractivity contribution in [2.45, 2.75) is 24.8 Å². The van der Waals surface area contributed by atoms with E-state index in [1.807, 2.05) is 16.4 Å². The molecule has 16 heavy (non-hydrogen) atoms. The second kappa shape index (κ2) is 4.73. The van der Waals surface area contributed by atoms with Crippen molar-refractivity contribution in [3.8, 4) is 0 Å². The first-order chi connectivity index (χ1) is 7.93. The van der Waals surface area contributed by atoms with Crippen molar-refractivity contribution in [3.05, 3.63) is 11.6 Å². The number of nitrogens with one attached hydrogen (secondary N) is 1. The van der Waals surface area contributed by atoms with E-state index in [0.29, 0.717) is 6.61 Å². The molecule has 0 bridgehead atoms. The van der Waals surface area contributed by atoms with Crippen LogP contribution >= 0.6 is 11.8 Å². The van der Waals surface area contributed by atoms with Crippen LogP contribution in [0.3, 0.4) is 0 Å². The van der Waals surface area contributed by atoms with Crippen LogP contribution in [0.2, 0.25) is 0 Å². The van der Waals surface area contributed by atoms with Crippen molar-refractivity contribution < 1.29 is 4.74 Å². The summed E-state index contributed by atoms with van der Waals surface area (Å²) in [5.41, 5.74) is 0. The average molecular weight is 240 g/mol. The molecule has 1 atom stereocenters. The van der Waals surface area contributed by atoms with Gasteiger partial charge in [0.1, 0.15) is 5.82 Å². The Balaban J connectivity index is 1.79. The summed E-state index contributed by atoms with van der Waals surface area (Å²) in [5, 5.41) is 8.00. The number of hydrogen-bond donors (Lipinski definition) is 1. The summed E-state index contributed by atoms with van der Waals surface area (Å²) in [6.07, 6.45) is 1.07. The minimum atomic E-state index is 0.172. The molecule has 0 saturated carbocycles. The standard InChI is InChI=1S/C10H16N4OS/c1-2-11-8(6-15-4-1)10-12-9-7-16-5-3-14(9)13-10/h8,11H,1-7H2. The van der Waals surface area contributed by atoms with Crippen molar-refractivity contribution in [2.24, 2.45) is 0 Å². The van der Waals surface area contributed by atoms with Crippen LogP contribution in [0.4, 0.5) is 0 Å². The highest BCUT2D eigenvalue weighted by molar-refractivity contribution is 7.98. The van der Waals surface area contributed by atoms with E-state index in [-0.39, 0.29) is 6.04 Å². The van der Waals surface area contributed by atoms with E-state index in [1.54, 1.807) is 0 Å². The maximum absolute atomic E-state index is 5.54. The smallest absolute Gasteiger partial charge is 0.170 e. The summed E-state index contributed by atoms with van der Waals surface area (Å²) in [6, 6.07) is 0.172. The van der Waals surface area contributed by atoms with Gasteiger partial charge in [-0.15, -0.1) is 0 Å². The van der Waals surface area contributed by atoms with Crippen LogP contribution in [-0.2, 0) is 17.0 Å². The largest absolute Gasteiger partial charge is 0.379 e. The molecule has 3 rings (SSSR count). The van der Waals surface area contributed by atoms with Crippen molar-refractivity contribution in [2.75, 3.05) is 25.5 Å². The van der Waals surface area contributed by atoms with Crippen LogP contribution in [0.5, 0.6) is 0 Å². The Labute approximate surface area is 99.0 Å². The predicted octanol–water partition coefficient (Wildman–Crippen LogP) is 0.576. The molecule has 0 amide bonds. The highest BCUT2D eigenvalue weighted by Gasteiger charge is 2.21. The third-order valence-electron chi connectivity index (χ3n) is 2.90. The van der Waals surface area contributed by atoms with Gasteiger partial charge in [-0.05, 0) is 13.0 Å². The van der Waals surface area contributed by atoms with Crippen LogP contribution in [0.25, 0.3) is 0 Å². The molecule has 0 aliphatic carbocycles. The lowest BCUT2D eigenvalue weighted by Crippen LogP contribution is -2.24. The van der Waals surface area contributed by atoms with Gasteiger partial charge in [0.2, 0.25) is 0 Å². The van der Waals surface area contributed by atoms with E-state index < -0.39 is 0 Å². The van der Waals surface area contributed by atoms with Gasteiger partial charge in [0, 0.05) is 12.4 Å². The van der Waals surface area contributed by atoms with E-state index in [2.05, 4.69) is 15.4 Å². The fraction of sp³-hybridized carbons (Fsp3) is 0.800. The van der Waals surface area contributed by atoms with E-state index >= 15 is 0 Å². The Bertz CT molecular complexity index is 336. The van der Waals surface area contributed by atoms with Crippen LogP contribution in [-0.4, -0.2) is 40.3 Å². The Kier molecular flexibility index (Phi) is 3.12. The van der Waals surface area contributed by atoms with Gasteiger partial charge in [-0.25, -0.2) is 9.67 Å². The van der Waals surface area contributed by atoms with E-state index in [4.69, 9.17) is 4.74 Å². The second-order valence-electron chi connectivity index (χ2n) is 4.10. The zero-order valence-electron chi connectivity index (χ0n) is 9.19. The van der Waals surface area contributed by atoms with Crippen molar-refractivity contribution in [1.82, 2.24) is 20.1 Å². The SMILES string of the molecule is C1CNC(c2nc3n(n2)CCSC3)COC1. The molecule has 0 aromatic carbocycles. The highest BCUT2D eigenvalue weighted by atomic mass is 32.2. The predicted molar refractivity (Wildman–Crippen MR) is 62.4 cm³/mol. The van der Waals surface area contributed by atoms with Crippen LogP contribution in [0.1, 0.15) is 24.1 Å². The highest BCUT2D eigenvalue weighted by Crippen LogP contribution is 2.19.